The minimum Gasteiger partial charge on any atom is -0.304 e. The number of imide groups is 1. The Balaban J connectivity index is 1.59. The van der Waals surface area contributed by atoms with Gasteiger partial charge in [-0.05, 0) is 36.9 Å². The lowest BCUT2D eigenvalue weighted by Gasteiger charge is -2.32. The monoisotopic (exact) mass is 363 g/mol. The van der Waals surface area contributed by atoms with Crippen LogP contribution in [0.2, 0.25) is 0 Å². The van der Waals surface area contributed by atoms with Crippen LogP contribution in [0.3, 0.4) is 0 Å². The maximum Gasteiger partial charge on any atom is 0.306 e. The Bertz CT molecular complexity index is 902. The maximum atomic E-state index is 12.7. The summed E-state index contributed by atoms with van der Waals surface area (Å²) in [4.78, 5) is 43.3. The van der Waals surface area contributed by atoms with E-state index < -0.39 is 17.6 Å². The number of fused-ring (bicyclic) bond motifs is 1. The molecule has 0 unspecified atom stereocenters. The van der Waals surface area contributed by atoms with E-state index in [4.69, 9.17) is 0 Å². The van der Waals surface area contributed by atoms with Crippen LogP contribution in [0.25, 0.3) is 0 Å². The Hall–Kier alpha value is -2.83. The Morgan fingerprint density at radius 3 is 2.37 bits per heavy atom. The van der Waals surface area contributed by atoms with Gasteiger partial charge in [0.25, 0.3) is 11.7 Å². The van der Waals surface area contributed by atoms with Crippen LogP contribution in [0, 0.1) is 0 Å². The SMILES string of the molecule is CN1CCN(Cc2ccc3c(c2)C(=O)C(=O)N3C(=O)c2ccccc2)CC1. The van der Waals surface area contributed by atoms with Crippen molar-refractivity contribution >= 4 is 23.3 Å². The average molecular weight is 363 g/mol. The van der Waals surface area contributed by atoms with Crippen LogP contribution in [0.15, 0.2) is 48.5 Å². The van der Waals surface area contributed by atoms with Crippen LogP contribution >= 0.6 is 0 Å². The van der Waals surface area contributed by atoms with E-state index in [9.17, 15) is 14.4 Å². The molecule has 0 saturated carbocycles. The number of anilines is 1. The highest BCUT2D eigenvalue weighted by atomic mass is 16.2. The number of carbonyl (C=O) groups is 3. The molecule has 2 aromatic rings. The second kappa shape index (κ2) is 7.06. The van der Waals surface area contributed by atoms with Gasteiger partial charge in [0, 0.05) is 38.3 Å². The smallest absolute Gasteiger partial charge is 0.304 e. The lowest BCUT2D eigenvalue weighted by molar-refractivity contribution is -0.113. The zero-order valence-electron chi connectivity index (χ0n) is 15.2. The summed E-state index contributed by atoms with van der Waals surface area (Å²) in [7, 11) is 2.11. The van der Waals surface area contributed by atoms with Gasteiger partial charge < -0.3 is 4.90 Å². The predicted molar refractivity (Wildman–Crippen MR) is 102 cm³/mol. The highest BCUT2D eigenvalue weighted by Crippen LogP contribution is 2.31. The maximum absolute atomic E-state index is 12.7. The standard InChI is InChI=1S/C21H21N3O3/c1-22-9-11-23(12-10-22)14-15-7-8-18-17(13-15)19(25)21(27)24(18)20(26)16-5-3-2-4-6-16/h2-8,13H,9-12,14H2,1H3. The normalized spacial score (nSPS) is 18.0. The first kappa shape index (κ1) is 17.6. The summed E-state index contributed by atoms with van der Waals surface area (Å²) in [6, 6.07) is 13.9. The molecule has 0 spiro atoms. The van der Waals surface area contributed by atoms with Crippen molar-refractivity contribution in [1.82, 2.24) is 9.80 Å². The Morgan fingerprint density at radius 1 is 0.963 bits per heavy atom. The second-order valence-electron chi connectivity index (χ2n) is 7.07. The molecule has 2 heterocycles. The van der Waals surface area contributed by atoms with E-state index in [-0.39, 0.29) is 0 Å². The minimum absolute atomic E-state index is 0.316. The number of benzene rings is 2. The summed E-state index contributed by atoms with van der Waals surface area (Å²) >= 11 is 0. The lowest BCUT2D eigenvalue weighted by atomic mass is 10.1. The van der Waals surface area contributed by atoms with Crippen molar-refractivity contribution in [2.24, 2.45) is 0 Å². The van der Waals surface area contributed by atoms with Crippen molar-refractivity contribution in [2.45, 2.75) is 6.54 Å². The van der Waals surface area contributed by atoms with Crippen molar-refractivity contribution < 1.29 is 14.4 Å². The van der Waals surface area contributed by atoms with Gasteiger partial charge in [-0.2, -0.15) is 0 Å². The highest BCUT2D eigenvalue weighted by Gasteiger charge is 2.40. The third kappa shape index (κ3) is 3.29. The number of rotatable bonds is 3. The zero-order chi connectivity index (χ0) is 19.0. The first-order valence-corrected chi connectivity index (χ1v) is 9.06. The average Bonchev–Trinajstić information content (AvgIpc) is 2.94. The van der Waals surface area contributed by atoms with Gasteiger partial charge >= 0.3 is 5.91 Å². The van der Waals surface area contributed by atoms with E-state index in [0.717, 1.165) is 43.2 Å². The van der Waals surface area contributed by atoms with Crippen molar-refractivity contribution in [3.05, 3.63) is 65.2 Å². The predicted octanol–water partition coefficient (Wildman–Crippen LogP) is 1.80. The van der Waals surface area contributed by atoms with Crippen molar-refractivity contribution in [2.75, 3.05) is 38.1 Å². The van der Waals surface area contributed by atoms with Crippen molar-refractivity contribution in [3.63, 3.8) is 0 Å². The number of carbonyl (C=O) groups excluding carboxylic acids is 3. The van der Waals surface area contributed by atoms with E-state index >= 15 is 0 Å². The Labute approximate surface area is 158 Å². The molecule has 0 atom stereocenters. The van der Waals surface area contributed by atoms with Crippen LogP contribution < -0.4 is 4.90 Å². The molecule has 0 bridgehead atoms. The molecule has 2 aliphatic rings. The number of amides is 2. The van der Waals surface area contributed by atoms with Crippen molar-refractivity contribution in [3.8, 4) is 0 Å². The van der Waals surface area contributed by atoms with Crippen molar-refractivity contribution in [1.29, 1.82) is 0 Å². The fourth-order valence-corrected chi connectivity index (χ4v) is 3.56. The molecule has 27 heavy (non-hydrogen) atoms. The van der Waals surface area contributed by atoms with Gasteiger partial charge in [0.05, 0.1) is 11.3 Å². The molecule has 6 heteroatoms. The molecule has 4 rings (SSSR count). The van der Waals surface area contributed by atoms with E-state index in [2.05, 4.69) is 16.8 Å². The van der Waals surface area contributed by atoms with Crippen LogP contribution in [0.5, 0.6) is 0 Å². The van der Waals surface area contributed by atoms with Crippen LogP contribution in [-0.4, -0.2) is 60.6 Å². The fourth-order valence-electron chi connectivity index (χ4n) is 3.56. The molecule has 0 radical (unpaired) electrons. The summed E-state index contributed by atoms with van der Waals surface area (Å²) in [5, 5.41) is 0. The molecular formula is C21H21N3O3. The van der Waals surface area contributed by atoms with Gasteiger partial charge in [0.2, 0.25) is 0 Å². The number of Topliss-reactive ketones (excluding diaryl/α,β-unsaturated/α-hetero) is 1. The number of nitrogens with zero attached hydrogens (tertiary/aromatic N) is 3. The van der Waals surface area contributed by atoms with Gasteiger partial charge in [-0.25, -0.2) is 4.90 Å². The van der Waals surface area contributed by atoms with Crippen LogP contribution in [0.1, 0.15) is 26.3 Å². The van der Waals surface area contributed by atoms with E-state index in [1.54, 1.807) is 42.5 Å². The molecule has 2 aromatic carbocycles. The molecule has 2 aliphatic heterocycles. The number of hydrogen-bond acceptors (Lipinski definition) is 5. The topological polar surface area (TPSA) is 60.9 Å². The number of piperazine rings is 1. The van der Waals surface area contributed by atoms with E-state index in [1.165, 1.54) is 0 Å². The van der Waals surface area contributed by atoms with Gasteiger partial charge in [-0.1, -0.05) is 24.3 Å². The third-order valence-corrected chi connectivity index (χ3v) is 5.17. The first-order valence-electron chi connectivity index (χ1n) is 9.06. The molecule has 2 amide bonds. The number of hydrogen-bond donors (Lipinski definition) is 0. The lowest BCUT2D eigenvalue weighted by Crippen LogP contribution is -2.43. The number of ketones is 1. The molecule has 138 valence electrons. The van der Waals surface area contributed by atoms with Gasteiger partial charge in [0.1, 0.15) is 0 Å². The third-order valence-electron chi connectivity index (χ3n) is 5.17. The molecular weight excluding hydrogens is 342 g/mol. The van der Waals surface area contributed by atoms with E-state index in [0.29, 0.717) is 16.8 Å². The molecule has 0 aliphatic carbocycles. The van der Waals surface area contributed by atoms with Gasteiger partial charge in [-0.3, -0.25) is 19.3 Å². The van der Waals surface area contributed by atoms with Crippen LogP contribution in [0.4, 0.5) is 5.69 Å². The quantitative estimate of drug-likeness (QED) is 0.615. The van der Waals surface area contributed by atoms with Gasteiger partial charge in [-0.15, -0.1) is 0 Å². The Kier molecular flexibility index (Phi) is 4.59. The van der Waals surface area contributed by atoms with E-state index in [1.807, 2.05) is 6.07 Å². The molecule has 6 nitrogen and oxygen atoms in total. The summed E-state index contributed by atoms with van der Waals surface area (Å²) in [6.07, 6.45) is 0. The molecule has 0 N–H and O–H groups in total. The Morgan fingerprint density at radius 2 is 1.67 bits per heavy atom. The second-order valence-corrected chi connectivity index (χ2v) is 7.07. The van der Waals surface area contributed by atoms with Crippen LogP contribution in [-0.2, 0) is 11.3 Å². The molecule has 1 saturated heterocycles. The highest BCUT2D eigenvalue weighted by molar-refractivity contribution is 6.57. The fraction of sp³-hybridized carbons (Fsp3) is 0.286. The summed E-state index contributed by atoms with van der Waals surface area (Å²) in [5.41, 5.74) is 2.05. The largest absolute Gasteiger partial charge is 0.306 e. The summed E-state index contributed by atoms with van der Waals surface area (Å²) in [5.74, 6) is -1.87. The summed E-state index contributed by atoms with van der Waals surface area (Å²) in [6.45, 7) is 4.71. The summed E-state index contributed by atoms with van der Waals surface area (Å²) < 4.78 is 0. The zero-order valence-corrected chi connectivity index (χ0v) is 15.2. The van der Waals surface area contributed by atoms with Gasteiger partial charge in [0.15, 0.2) is 0 Å². The minimum atomic E-state index is -0.782. The first-order chi connectivity index (χ1) is 13.0. The molecule has 1 fully saturated rings. The molecule has 0 aromatic heterocycles. The number of likely N-dealkylation sites (N-methyl/N-ethyl adjacent to an activating group) is 1.